The fourth-order valence-electron chi connectivity index (χ4n) is 2.71. The van der Waals surface area contributed by atoms with E-state index >= 15 is 0 Å². The number of nitrogens with one attached hydrogen (secondary N) is 1. The summed E-state index contributed by atoms with van der Waals surface area (Å²) < 4.78 is 5.45. The predicted molar refractivity (Wildman–Crippen MR) is 76.2 cm³/mol. The molecule has 0 spiro atoms. The van der Waals surface area contributed by atoms with Gasteiger partial charge >= 0.3 is 0 Å². The van der Waals surface area contributed by atoms with Crippen molar-refractivity contribution < 1.29 is 4.74 Å². The Hall–Kier alpha value is -0.450. The third kappa shape index (κ3) is 2.33. The van der Waals surface area contributed by atoms with Gasteiger partial charge in [-0.3, -0.25) is 0 Å². The Labute approximate surface area is 114 Å². The minimum Gasteiger partial charge on any atom is -0.382 e. The topological polar surface area (TPSA) is 34.1 Å². The highest BCUT2D eigenvalue weighted by atomic mass is 32.1. The van der Waals surface area contributed by atoms with Gasteiger partial charge in [0, 0.05) is 12.0 Å². The molecule has 1 aliphatic carbocycles. The third-order valence-electron chi connectivity index (χ3n) is 4.03. The number of aromatic nitrogens is 1. The highest BCUT2D eigenvalue weighted by Crippen LogP contribution is 2.36. The molecule has 0 bridgehead atoms. The first-order valence-corrected chi connectivity index (χ1v) is 7.62. The molecule has 1 aliphatic rings. The Morgan fingerprint density at radius 3 is 2.67 bits per heavy atom. The van der Waals surface area contributed by atoms with Gasteiger partial charge in [-0.15, -0.1) is 11.3 Å². The number of hydrogen-bond donors (Lipinski definition) is 1. The molecule has 0 aliphatic heterocycles. The molecule has 0 saturated heterocycles. The van der Waals surface area contributed by atoms with Crippen LogP contribution in [-0.2, 0) is 23.1 Å². The quantitative estimate of drug-likeness (QED) is 0.891. The molecule has 4 heteroatoms. The van der Waals surface area contributed by atoms with Crippen LogP contribution in [0, 0.1) is 5.92 Å². The van der Waals surface area contributed by atoms with Crippen LogP contribution in [0.1, 0.15) is 42.3 Å². The maximum absolute atomic E-state index is 5.45. The molecule has 2 rings (SSSR count). The average molecular weight is 268 g/mol. The summed E-state index contributed by atoms with van der Waals surface area (Å²) in [7, 11) is 3.78. The van der Waals surface area contributed by atoms with Gasteiger partial charge in [0.25, 0.3) is 0 Å². The molecule has 0 amide bonds. The molecule has 1 atom stereocenters. The monoisotopic (exact) mass is 268 g/mol. The second kappa shape index (κ2) is 5.68. The highest BCUT2D eigenvalue weighted by molar-refractivity contribution is 7.11. The van der Waals surface area contributed by atoms with E-state index in [2.05, 4.69) is 19.2 Å². The molecule has 1 aromatic rings. The summed E-state index contributed by atoms with van der Waals surface area (Å²) in [6.07, 6.45) is 4.95. The van der Waals surface area contributed by atoms with Crippen LogP contribution in [0.15, 0.2) is 0 Å². The van der Waals surface area contributed by atoms with Gasteiger partial charge in [0.2, 0.25) is 0 Å². The number of methoxy groups -OCH3 is 1. The van der Waals surface area contributed by atoms with Crippen molar-refractivity contribution in [2.24, 2.45) is 5.92 Å². The number of likely N-dealkylation sites (N-methyl/N-ethyl adjacent to an activating group) is 1. The first-order chi connectivity index (χ1) is 8.64. The standard InChI is InChI=1S/C14H24N2OS/c1-10(2)14(15-3,9-17-4)13-16-11-7-5-6-8-12(11)18-13/h10,15H,5-9H2,1-4H3. The molecule has 1 unspecified atom stereocenters. The second-order valence-corrected chi connectivity index (χ2v) is 6.49. The van der Waals surface area contributed by atoms with Gasteiger partial charge in [0.1, 0.15) is 5.01 Å². The lowest BCUT2D eigenvalue weighted by Crippen LogP contribution is -2.48. The SMILES string of the molecule is CNC(COC)(c1nc2c(s1)CCCC2)C(C)C. The zero-order valence-corrected chi connectivity index (χ0v) is 12.7. The van der Waals surface area contributed by atoms with Gasteiger partial charge in [-0.1, -0.05) is 13.8 Å². The minimum atomic E-state index is -0.142. The maximum atomic E-state index is 5.45. The number of rotatable bonds is 5. The summed E-state index contributed by atoms with van der Waals surface area (Å²) in [5.74, 6) is 0.454. The van der Waals surface area contributed by atoms with E-state index in [-0.39, 0.29) is 5.54 Å². The smallest absolute Gasteiger partial charge is 0.116 e. The van der Waals surface area contributed by atoms with Crippen LogP contribution in [0.25, 0.3) is 0 Å². The summed E-state index contributed by atoms with van der Waals surface area (Å²) in [5.41, 5.74) is 1.19. The molecule has 3 nitrogen and oxygen atoms in total. The van der Waals surface area contributed by atoms with Crippen molar-refractivity contribution in [1.29, 1.82) is 0 Å². The Kier molecular flexibility index (Phi) is 4.41. The van der Waals surface area contributed by atoms with E-state index in [1.807, 2.05) is 18.4 Å². The van der Waals surface area contributed by atoms with E-state index in [1.54, 1.807) is 7.11 Å². The average Bonchev–Trinajstić information content (AvgIpc) is 2.79. The normalized spacial score (nSPS) is 18.7. The molecule has 0 fully saturated rings. The van der Waals surface area contributed by atoms with Crippen LogP contribution in [-0.4, -0.2) is 25.7 Å². The zero-order valence-electron chi connectivity index (χ0n) is 11.9. The van der Waals surface area contributed by atoms with Gasteiger partial charge in [0.15, 0.2) is 0 Å². The van der Waals surface area contributed by atoms with E-state index < -0.39 is 0 Å². The first kappa shape index (κ1) is 14.0. The number of nitrogens with zero attached hydrogens (tertiary/aromatic N) is 1. The fourth-order valence-corrected chi connectivity index (χ4v) is 4.19. The second-order valence-electron chi connectivity index (χ2n) is 5.41. The van der Waals surface area contributed by atoms with Crippen LogP contribution in [0.3, 0.4) is 0 Å². The van der Waals surface area contributed by atoms with E-state index in [0.717, 1.165) is 6.42 Å². The van der Waals surface area contributed by atoms with Crippen molar-refractivity contribution in [1.82, 2.24) is 10.3 Å². The molecular weight excluding hydrogens is 244 g/mol. The van der Waals surface area contributed by atoms with Crippen molar-refractivity contribution in [3.63, 3.8) is 0 Å². The first-order valence-electron chi connectivity index (χ1n) is 6.81. The maximum Gasteiger partial charge on any atom is 0.116 e. The number of thiazole rings is 1. The lowest BCUT2D eigenvalue weighted by Gasteiger charge is -2.34. The van der Waals surface area contributed by atoms with Crippen LogP contribution in [0.5, 0.6) is 0 Å². The van der Waals surface area contributed by atoms with Crippen LogP contribution < -0.4 is 5.32 Å². The van der Waals surface area contributed by atoms with Crippen molar-refractivity contribution in [2.75, 3.05) is 20.8 Å². The summed E-state index contributed by atoms with van der Waals surface area (Å²) in [5, 5.41) is 4.67. The zero-order chi connectivity index (χ0) is 13.2. The number of aryl methyl sites for hydroxylation is 2. The number of hydrogen-bond acceptors (Lipinski definition) is 4. The Bertz CT molecular complexity index is 379. The summed E-state index contributed by atoms with van der Waals surface area (Å²) in [6, 6.07) is 0. The van der Waals surface area contributed by atoms with Crippen LogP contribution >= 0.6 is 11.3 Å². The predicted octanol–water partition coefficient (Wildman–Crippen LogP) is 2.74. The lowest BCUT2D eigenvalue weighted by molar-refractivity contribution is 0.0818. The third-order valence-corrected chi connectivity index (χ3v) is 5.37. The Balaban J connectivity index is 2.38. The Morgan fingerprint density at radius 2 is 2.11 bits per heavy atom. The van der Waals surface area contributed by atoms with E-state index in [1.165, 1.54) is 34.8 Å². The largest absolute Gasteiger partial charge is 0.382 e. The van der Waals surface area contributed by atoms with Crippen molar-refractivity contribution >= 4 is 11.3 Å². The van der Waals surface area contributed by atoms with E-state index in [9.17, 15) is 0 Å². The minimum absolute atomic E-state index is 0.142. The molecule has 18 heavy (non-hydrogen) atoms. The molecule has 1 N–H and O–H groups in total. The van der Waals surface area contributed by atoms with Crippen molar-refractivity contribution in [2.45, 2.75) is 45.1 Å². The fraction of sp³-hybridized carbons (Fsp3) is 0.786. The van der Waals surface area contributed by atoms with Gasteiger partial charge < -0.3 is 10.1 Å². The van der Waals surface area contributed by atoms with Gasteiger partial charge in [-0.2, -0.15) is 0 Å². The summed E-state index contributed by atoms with van der Waals surface area (Å²) in [4.78, 5) is 6.40. The van der Waals surface area contributed by atoms with Gasteiger partial charge in [-0.25, -0.2) is 4.98 Å². The van der Waals surface area contributed by atoms with Gasteiger partial charge in [0.05, 0.1) is 17.8 Å². The van der Waals surface area contributed by atoms with Crippen molar-refractivity contribution in [3.05, 3.63) is 15.6 Å². The van der Waals surface area contributed by atoms with E-state index in [4.69, 9.17) is 9.72 Å². The lowest BCUT2D eigenvalue weighted by atomic mass is 9.88. The molecule has 1 aromatic heterocycles. The molecule has 0 aromatic carbocycles. The number of fused-ring (bicyclic) bond motifs is 1. The highest BCUT2D eigenvalue weighted by Gasteiger charge is 2.38. The molecule has 1 heterocycles. The molecule has 0 radical (unpaired) electrons. The molecule has 0 saturated carbocycles. The summed E-state index contributed by atoms with van der Waals surface area (Å²) in [6.45, 7) is 5.14. The Morgan fingerprint density at radius 1 is 1.39 bits per heavy atom. The number of ether oxygens (including phenoxy) is 1. The van der Waals surface area contributed by atoms with Crippen LogP contribution in [0.2, 0.25) is 0 Å². The van der Waals surface area contributed by atoms with Gasteiger partial charge in [-0.05, 0) is 38.6 Å². The summed E-state index contributed by atoms with van der Waals surface area (Å²) >= 11 is 1.88. The van der Waals surface area contributed by atoms with Crippen LogP contribution in [0.4, 0.5) is 0 Å². The molecular formula is C14H24N2OS. The molecule has 102 valence electrons. The van der Waals surface area contributed by atoms with E-state index in [0.29, 0.717) is 12.5 Å². The van der Waals surface area contributed by atoms with Crippen molar-refractivity contribution in [3.8, 4) is 0 Å².